The molecule has 0 aliphatic carbocycles. The fourth-order valence-corrected chi connectivity index (χ4v) is 3.67. The lowest BCUT2D eigenvalue weighted by Crippen LogP contribution is -2.25. The van der Waals surface area contributed by atoms with Gasteiger partial charge in [-0.3, -0.25) is 0 Å². The monoisotopic (exact) mass is 337 g/mol. The molecular formula is C23H31NO. The predicted molar refractivity (Wildman–Crippen MR) is 105 cm³/mol. The van der Waals surface area contributed by atoms with Crippen LogP contribution in [0.15, 0.2) is 60.7 Å². The quantitative estimate of drug-likeness (QED) is 0.564. The van der Waals surface area contributed by atoms with Crippen LogP contribution in [0.5, 0.6) is 0 Å². The van der Waals surface area contributed by atoms with E-state index in [1.807, 2.05) is 0 Å². The van der Waals surface area contributed by atoms with Crippen molar-refractivity contribution >= 4 is 0 Å². The van der Waals surface area contributed by atoms with Gasteiger partial charge in [0.15, 0.2) is 0 Å². The van der Waals surface area contributed by atoms with Crippen molar-refractivity contribution in [3.63, 3.8) is 0 Å². The third-order valence-corrected chi connectivity index (χ3v) is 5.09. The molecule has 1 unspecified atom stereocenters. The van der Waals surface area contributed by atoms with E-state index in [-0.39, 0.29) is 6.10 Å². The summed E-state index contributed by atoms with van der Waals surface area (Å²) < 4.78 is 6.60. The molecule has 1 atom stereocenters. The molecule has 1 heterocycles. The second-order valence-electron chi connectivity index (χ2n) is 7.11. The van der Waals surface area contributed by atoms with E-state index in [1.165, 1.54) is 49.9 Å². The molecular weight excluding hydrogens is 306 g/mol. The third kappa shape index (κ3) is 5.42. The van der Waals surface area contributed by atoms with Gasteiger partial charge in [-0.25, -0.2) is 0 Å². The Morgan fingerprint density at radius 3 is 2.16 bits per heavy atom. The fourth-order valence-electron chi connectivity index (χ4n) is 3.67. The third-order valence-electron chi connectivity index (χ3n) is 5.09. The minimum atomic E-state index is 0.0347. The van der Waals surface area contributed by atoms with Crippen molar-refractivity contribution in [3.8, 4) is 0 Å². The highest BCUT2D eigenvalue weighted by Gasteiger charge is 2.26. The molecule has 134 valence electrons. The van der Waals surface area contributed by atoms with E-state index in [2.05, 4.69) is 72.5 Å². The standard InChI is InChI=1S/C23H31NO/c1-2-3-4-11-17-24-18-16-22(19-24)25-23(20-12-7-5-8-13-20)21-14-9-6-10-15-21/h5-10,12-15,22-23H,2-4,11,16-19H2,1H3. The second-order valence-corrected chi connectivity index (χ2v) is 7.11. The lowest BCUT2D eigenvalue weighted by Gasteiger charge is -2.23. The van der Waals surface area contributed by atoms with Gasteiger partial charge in [0.05, 0.1) is 6.10 Å². The molecule has 1 aliphatic heterocycles. The van der Waals surface area contributed by atoms with E-state index in [4.69, 9.17) is 4.74 Å². The maximum absolute atomic E-state index is 6.60. The largest absolute Gasteiger partial charge is 0.364 e. The molecule has 0 spiro atoms. The van der Waals surface area contributed by atoms with Crippen LogP contribution in [0.1, 0.15) is 56.3 Å². The summed E-state index contributed by atoms with van der Waals surface area (Å²) in [5, 5.41) is 0. The molecule has 2 heteroatoms. The Labute approximate surface area is 152 Å². The minimum Gasteiger partial charge on any atom is -0.364 e. The molecule has 2 nitrogen and oxygen atoms in total. The number of rotatable bonds is 9. The van der Waals surface area contributed by atoms with Crippen molar-refractivity contribution in [1.82, 2.24) is 4.90 Å². The minimum absolute atomic E-state index is 0.0347. The Hall–Kier alpha value is -1.64. The van der Waals surface area contributed by atoms with Gasteiger partial charge in [-0.1, -0.05) is 86.8 Å². The molecule has 0 bridgehead atoms. The summed E-state index contributed by atoms with van der Waals surface area (Å²) in [4.78, 5) is 2.58. The van der Waals surface area contributed by atoms with Crippen molar-refractivity contribution in [1.29, 1.82) is 0 Å². The van der Waals surface area contributed by atoms with E-state index in [9.17, 15) is 0 Å². The van der Waals surface area contributed by atoms with Crippen LogP contribution in [0.3, 0.4) is 0 Å². The van der Waals surface area contributed by atoms with Gasteiger partial charge in [0.2, 0.25) is 0 Å². The summed E-state index contributed by atoms with van der Waals surface area (Å²) in [7, 11) is 0. The van der Waals surface area contributed by atoms with Crippen LogP contribution in [-0.4, -0.2) is 30.6 Å². The van der Waals surface area contributed by atoms with Gasteiger partial charge in [-0.15, -0.1) is 0 Å². The van der Waals surface area contributed by atoms with Gasteiger partial charge in [0.1, 0.15) is 6.10 Å². The van der Waals surface area contributed by atoms with Crippen molar-refractivity contribution in [2.75, 3.05) is 19.6 Å². The summed E-state index contributed by atoms with van der Waals surface area (Å²) in [6, 6.07) is 21.2. The highest BCUT2D eigenvalue weighted by Crippen LogP contribution is 2.29. The van der Waals surface area contributed by atoms with Crippen LogP contribution in [0, 0.1) is 0 Å². The average Bonchev–Trinajstić information content (AvgIpc) is 3.12. The van der Waals surface area contributed by atoms with Gasteiger partial charge in [0, 0.05) is 13.1 Å². The predicted octanol–water partition coefficient (Wildman–Crippen LogP) is 5.45. The van der Waals surface area contributed by atoms with Crippen LogP contribution in [0.2, 0.25) is 0 Å². The first-order valence-corrected chi connectivity index (χ1v) is 9.84. The Balaban J connectivity index is 1.60. The smallest absolute Gasteiger partial charge is 0.108 e. The molecule has 25 heavy (non-hydrogen) atoms. The van der Waals surface area contributed by atoms with E-state index >= 15 is 0 Å². The molecule has 2 aromatic rings. The first kappa shape index (κ1) is 18.2. The normalized spacial score (nSPS) is 18.1. The molecule has 1 saturated heterocycles. The molecule has 0 saturated carbocycles. The Bertz CT molecular complexity index is 559. The molecule has 3 rings (SSSR count). The average molecular weight is 338 g/mol. The van der Waals surface area contributed by atoms with E-state index in [0.29, 0.717) is 6.10 Å². The van der Waals surface area contributed by atoms with Crippen LogP contribution in [0.25, 0.3) is 0 Å². The molecule has 1 aliphatic rings. The highest BCUT2D eigenvalue weighted by molar-refractivity contribution is 5.30. The summed E-state index contributed by atoms with van der Waals surface area (Å²) in [6.07, 6.45) is 6.85. The first-order valence-electron chi connectivity index (χ1n) is 9.84. The van der Waals surface area contributed by atoms with E-state index in [1.54, 1.807) is 0 Å². The van der Waals surface area contributed by atoms with Gasteiger partial charge in [-0.2, -0.15) is 0 Å². The topological polar surface area (TPSA) is 12.5 Å². The van der Waals surface area contributed by atoms with Crippen molar-refractivity contribution < 1.29 is 4.74 Å². The first-order chi connectivity index (χ1) is 12.4. The van der Waals surface area contributed by atoms with Crippen molar-refractivity contribution in [2.24, 2.45) is 0 Å². The van der Waals surface area contributed by atoms with Gasteiger partial charge in [-0.05, 0) is 30.5 Å². The number of likely N-dealkylation sites (tertiary alicyclic amines) is 1. The molecule has 0 radical (unpaired) electrons. The maximum atomic E-state index is 6.60. The van der Waals surface area contributed by atoms with Gasteiger partial charge >= 0.3 is 0 Å². The van der Waals surface area contributed by atoms with Crippen LogP contribution < -0.4 is 0 Å². The summed E-state index contributed by atoms with van der Waals surface area (Å²) in [6.45, 7) is 5.74. The fraction of sp³-hybridized carbons (Fsp3) is 0.478. The van der Waals surface area contributed by atoms with Crippen LogP contribution in [0.4, 0.5) is 0 Å². The number of hydrogen-bond donors (Lipinski definition) is 0. The molecule has 0 amide bonds. The van der Waals surface area contributed by atoms with Crippen molar-refractivity contribution in [3.05, 3.63) is 71.8 Å². The summed E-state index contributed by atoms with van der Waals surface area (Å²) in [5.41, 5.74) is 2.49. The summed E-state index contributed by atoms with van der Waals surface area (Å²) >= 11 is 0. The molecule has 0 N–H and O–H groups in total. The maximum Gasteiger partial charge on any atom is 0.108 e. The Morgan fingerprint density at radius 2 is 1.56 bits per heavy atom. The number of hydrogen-bond acceptors (Lipinski definition) is 2. The van der Waals surface area contributed by atoms with E-state index in [0.717, 1.165) is 13.0 Å². The highest BCUT2D eigenvalue weighted by atomic mass is 16.5. The van der Waals surface area contributed by atoms with Crippen LogP contribution in [-0.2, 0) is 4.74 Å². The lowest BCUT2D eigenvalue weighted by atomic mass is 10.0. The SMILES string of the molecule is CCCCCCN1CCC(OC(c2ccccc2)c2ccccc2)C1. The zero-order valence-electron chi connectivity index (χ0n) is 15.4. The zero-order chi connectivity index (χ0) is 17.3. The molecule has 0 aromatic heterocycles. The molecule has 1 fully saturated rings. The number of benzene rings is 2. The lowest BCUT2D eigenvalue weighted by molar-refractivity contribution is 0.0142. The van der Waals surface area contributed by atoms with Gasteiger partial charge in [0.25, 0.3) is 0 Å². The van der Waals surface area contributed by atoms with E-state index < -0.39 is 0 Å². The summed E-state index contributed by atoms with van der Waals surface area (Å²) in [5.74, 6) is 0. The van der Waals surface area contributed by atoms with Gasteiger partial charge < -0.3 is 9.64 Å². The number of nitrogens with zero attached hydrogens (tertiary/aromatic N) is 1. The zero-order valence-corrected chi connectivity index (χ0v) is 15.4. The van der Waals surface area contributed by atoms with Crippen molar-refractivity contribution in [2.45, 2.75) is 51.2 Å². The second kappa shape index (κ2) is 9.74. The van der Waals surface area contributed by atoms with Crippen LogP contribution >= 0.6 is 0 Å². The Kier molecular flexibility index (Phi) is 7.08. The molecule has 2 aromatic carbocycles. The Morgan fingerprint density at radius 1 is 0.920 bits per heavy atom. The number of ether oxygens (including phenoxy) is 1. The number of unbranched alkanes of at least 4 members (excludes halogenated alkanes) is 3.